The van der Waals surface area contributed by atoms with Crippen molar-refractivity contribution in [3.8, 4) is 22.8 Å². The lowest BCUT2D eigenvalue weighted by Crippen LogP contribution is -2.49. The third-order valence-corrected chi connectivity index (χ3v) is 5.40. The first-order chi connectivity index (χ1) is 15.9. The molecule has 4 rings (SSSR count). The van der Waals surface area contributed by atoms with Crippen molar-refractivity contribution in [3.05, 3.63) is 54.2 Å². The monoisotopic (exact) mass is 490 g/mol. The minimum absolute atomic E-state index is 0.127. The number of carbonyl (C=O) groups excluding carboxylic acids is 1. The molecule has 0 aliphatic carbocycles. The smallest absolute Gasteiger partial charge is 0.484 e. The van der Waals surface area contributed by atoms with Crippen LogP contribution < -0.4 is 19.7 Å². The van der Waals surface area contributed by atoms with Crippen LogP contribution in [0.15, 0.2) is 48.7 Å². The van der Waals surface area contributed by atoms with Crippen LogP contribution in [0, 0.1) is 0 Å². The van der Waals surface area contributed by atoms with Crippen LogP contribution in [0.1, 0.15) is 38.1 Å². The molecule has 0 spiro atoms. The molecule has 1 amide bonds. The standard InChI is InChI=1S/C24H25ClF2N4O3/c1-14(2)31-13-23(3,4)34-20-12-15(11-18(21(20)31)19-9-10-28-30-19)22(32)29-16-5-7-17(8-6-16)33-24(25,26)27/h5-12,14H,13H2,1-4H3,(H,28,30)(H,29,32). The molecule has 0 fully saturated rings. The number of hydrogen-bond donors (Lipinski definition) is 2. The van der Waals surface area contributed by atoms with Gasteiger partial charge in [-0.25, -0.2) is 0 Å². The van der Waals surface area contributed by atoms with Crippen LogP contribution in [0.2, 0.25) is 0 Å². The van der Waals surface area contributed by atoms with Gasteiger partial charge in [-0.1, -0.05) is 0 Å². The number of amides is 1. The molecule has 1 aliphatic rings. The summed E-state index contributed by atoms with van der Waals surface area (Å²) >= 11 is 4.79. The number of halogens is 3. The van der Waals surface area contributed by atoms with Gasteiger partial charge in [-0.15, -0.1) is 8.78 Å². The summed E-state index contributed by atoms with van der Waals surface area (Å²) in [5.41, 5.74) is -1.06. The number of aromatic amines is 1. The van der Waals surface area contributed by atoms with Crippen molar-refractivity contribution in [1.29, 1.82) is 0 Å². The lowest BCUT2D eigenvalue weighted by atomic mass is 9.97. The molecule has 0 radical (unpaired) electrons. The lowest BCUT2D eigenvalue weighted by Gasteiger charge is -2.44. The van der Waals surface area contributed by atoms with Crippen molar-refractivity contribution in [1.82, 2.24) is 10.2 Å². The zero-order chi connectivity index (χ0) is 24.7. The average Bonchev–Trinajstić information content (AvgIpc) is 3.26. The largest absolute Gasteiger partial charge is 0.487 e. The number of carbonyl (C=O) groups is 1. The quantitative estimate of drug-likeness (QED) is 0.422. The summed E-state index contributed by atoms with van der Waals surface area (Å²) in [6.07, 6.45) is 1.65. The maximum Gasteiger partial charge on any atom is 0.487 e. The van der Waals surface area contributed by atoms with E-state index < -0.39 is 11.2 Å². The number of anilines is 2. The molecule has 34 heavy (non-hydrogen) atoms. The van der Waals surface area contributed by atoms with E-state index in [-0.39, 0.29) is 17.7 Å². The van der Waals surface area contributed by atoms with Crippen LogP contribution in [-0.2, 0) is 0 Å². The SMILES string of the molecule is CC(C)N1CC(C)(C)Oc2cc(C(=O)Nc3ccc(OC(F)(F)Cl)cc3)cc(-c3ccn[nH]3)c21. The molecule has 0 saturated heterocycles. The molecule has 180 valence electrons. The Kier molecular flexibility index (Phi) is 6.16. The number of ether oxygens (including phenoxy) is 2. The van der Waals surface area contributed by atoms with Gasteiger partial charge in [-0.2, -0.15) is 5.10 Å². The minimum Gasteiger partial charge on any atom is -0.484 e. The highest BCUT2D eigenvalue weighted by Gasteiger charge is 2.36. The van der Waals surface area contributed by atoms with Crippen molar-refractivity contribution in [2.45, 2.75) is 44.9 Å². The van der Waals surface area contributed by atoms with Crippen LogP contribution in [-0.4, -0.2) is 39.9 Å². The van der Waals surface area contributed by atoms with Crippen molar-refractivity contribution >= 4 is 28.9 Å². The fourth-order valence-electron chi connectivity index (χ4n) is 3.93. The predicted molar refractivity (Wildman–Crippen MR) is 127 cm³/mol. The van der Waals surface area contributed by atoms with E-state index in [4.69, 9.17) is 16.3 Å². The van der Waals surface area contributed by atoms with Gasteiger partial charge in [0.2, 0.25) is 0 Å². The summed E-state index contributed by atoms with van der Waals surface area (Å²) in [7, 11) is 0. The third-order valence-electron chi connectivity index (χ3n) is 5.32. The Morgan fingerprint density at radius 3 is 2.56 bits per heavy atom. The molecule has 2 aromatic carbocycles. The summed E-state index contributed by atoms with van der Waals surface area (Å²) in [6.45, 7) is 8.90. The summed E-state index contributed by atoms with van der Waals surface area (Å²) in [5.74, 6) is 0.0796. The fraction of sp³-hybridized carbons (Fsp3) is 0.333. The Morgan fingerprint density at radius 1 is 1.26 bits per heavy atom. The number of nitrogens with one attached hydrogen (secondary N) is 2. The first-order valence-electron chi connectivity index (χ1n) is 10.7. The number of benzene rings is 2. The van der Waals surface area contributed by atoms with Crippen molar-refractivity contribution in [2.75, 3.05) is 16.8 Å². The van der Waals surface area contributed by atoms with Crippen LogP contribution in [0.25, 0.3) is 11.3 Å². The van der Waals surface area contributed by atoms with Gasteiger partial charge in [0, 0.05) is 40.7 Å². The highest BCUT2D eigenvalue weighted by Crippen LogP contribution is 2.45. The topological polar surface area (TPSA) is 79.5 Å². The highest BCUT2D eigenvalue weighted by atomic mass is 35.5. The van der Waals surface area contributed by atoms with E-state index in [9.17, 15) is 13.6 Å². The number of fused-ring (bicyclic) bond motifs is 1. The molecule has 0 saturated carbocycles. The molecule has 7 nitrogen and oxygen atoms in total. The van der Waals surface area contributed by atoms with Crippen LogP contribution >= 0.6 is 11.6 Å². The van der Waals surface area contributed by atoms with Crippen molar-refractivity contribution < 1.29 is 23.0 Å². The summed E-state index contributed by atoms with van der Waals surface area (Å²) < 4.78 is 36.2. The summed E-state index contributed by atoms with van der Waals surface area (Å²) in [6, 6.07) is 11.0. The van der Waals surface area contributed by atoms with E-state index in [2.05, 4.69) is 39.0 Å². The van der Waals surface area contributed by atoms with E-state index in [1.165, 1.54) is 24.3 Å². The molecular weight excluding hydrogens is 466 g/mol. The second kappa shape index (κ2) is 8.79. The van der Waals surface area contributed by atoms with Gasteiger partial charge in [-0.3, -0.25) is 9.89 Å². The predicted octanol–water partition coefficient (Wildman–Crippen LogP) is 5.88. The van der Waals surface area contributed by atoms with E-state index in [0.29, 0.717) is 23.5 Å². The van der Waals surface area contributed by atoms with Gasteiger partial charge in [-0.05, 0) is 70.2 Å². The molecule has 1 aromatic heterocycles. The lowest BCUT2D eigenvalue weighted by molar-refractivity contribution is -0.0964. The zero-order valence-corrected chi connectivity index (χ0v) is 19.9. The molecular formula is C24H25ClF2N4O3. The van der Waals surface area contributed by atoms with Gasteiger partial charge in [0.25, 0.3) is 5.91 Å². The van der Waals surface area contributed by atoms with Gasteiger partial charge in [0.15, 0.2) is 0 Å². The number of H-pyrrole nitrogens is 1. The zero-order valence-electron chi connectivity index (χ0n) is 19.2. The van der Waals surface area contributed by atoms with E-state index in [0.717, 1.165) is 16.9 Å². The second-order valence-corrected chi connectivity index (χ2v) is 9.39. The summed E-state index contributed by atoms with van der Waals surface area (Å²) in [5, 5.41) is 9.81. The van der Waals surface area contributed by atoms with Crippen LogP contribution in [0.3, 0.4) is 0 Å². The van der Waals surface area contributed by atoms with Gasteiger partial charge >= 0.3 is 5.57 Å². The Morgan fingerprint density at radius 2 is 1.97 bits per heavy atom. The molecule has 2 heterocycles. The third kappa shape index (κ3) is 5.25. The van der Waals surface area contributed by atoms with Gasteiger partial charge in [0.1, 0.15) is 17.1 Å². The van der Waals surface area contributed by atoms with Crippen molar-refractivity contribution in [3.63, 3.8) is 0 Å². The van der Waals surface area contributed by atoms with Crippen molar-refractivity contribution in [2.24, 2.45) is 0 Å². The van der Waals surface area contributed by atoms with Gasteiger partial charge in [0.05, 0.1) is 17.9 Å². The molecule has 0 bridgehead atoms. The number of nitrogens with zero attached hydrogens (tertiary/aromatic N) is 2. The number of rotatable bonds is 6. The molecule has 0 atom stereocenters. The Labute approximate surface area is 201 Å². The normalized spacial score (nSPS) is 15.0. The van der Waals surface area contributed by atoms with E-state index >= 15 is 0 Å². The van der Waals surface area contributed by atoms with Gasteiger partial charge < -0.3 is 19.7 Å². The Balaban J connectivity index is 1.69. The van der Waals surface area contributed by atoms with Crippen LogP contribution in [0.4, 0.5) is 20.2 Å². The number of alkyl halides is 3. The maximum atomic E-state index is 13.1. The number of aromatic nitrogens is 2. The van der Waals surface area contributed by atoms with E-state index in [1.807, 2.05) is 19.9 Å². The maximum absolute atomic E-state index is 13.1. The Hall–Kier alpha value is -3.33. The number of hydrogen-bond acceptors (Lipinski definition) is 5. The van der Waals surface area contributed by atoms with E-state index in [1.54, 1.807) is 18.3 Å². The molecule has 3 aromatic rings. The first-order valence-corrected chi connectivity index (χ1v) is 11.1. The molecule has 2 N–H and O–H groups in total. The molecule has 0 unspecified atom stereocenters. The Bertz CT molecular complexity index is 1180. The molecule has 1 aliphatic heterocycles. The highest BCUT2D eigenvalue weighted by molar-refractivity contribution is 6.20. The first kappa shape index (κ1) is 23.8. The minimum atomic E-state index is -3.81. The second-order valence-electron chi connectivity index (χ2n) is 8.95. The average molecular weight is 491 g/mol. The van der Waals surface area contributed by atoms with Crippen LogP contribution in [0.5, 0.6) is 11.5 Å². The summed E-state index contributed by atoms with van der Waals surface area (Å²) in [4.78, 5) is 15.4. The fourth-order valence-corrected chi connectivity index (χ4v) is 4.02. The molecule has 10 heteroatoms.